The van der Waals surface area contributed by atoms with Crippen molar-refractivity contribution in [2.45, 2.75) is 0 Å². The molecule has 0 aliphatic carbocycles. The van der Waals surface area contributed by atoms with Gasteiger partial charge in [-0.1, -0.05) is 11.6 Å². The Balaban J connectivity index is 2.79. The number of carbonyl (C=O) groups excluding carboxylic acids is 1. The molecule has 0 spiro atoms. The summed E-state index contributed by atoms with van der Waals surface area (Å²) in [6, 6.07) is 5.27. The van der Waals surface area contributed by atoms with E-state index in [0.717, 1.165) is 10.9 Å². The van der Waals surface area contributed by atoms with E-state index in [4.69, 9.17) is 23.2 Å². The fourth-order valence-corrected chi connectivity index (χ4v) is 1.58. The van der Waals surface area contributed by atoms with Crippen molar-refractivity contribution >= 4 is 39.3 Å². The number of carbonyl (C=O) groups is 1. The molecule has 13 heavy (non-hydrogen) atoms. The number of aromatic nitrogens is 1. The van der Waals surface area contributed by atoms with Crippen LogP contribution in [-0.2, 0) is 0 Å². The highest BCUT2D eigenvalue weighted by atomic mass is 35.5. The van der Waals surface area contributed by atoms with E-state index in [1.165, 1.54) is 0 Å². The van der Waals surface area contributed by atoms with Crippen LogP contribution in [0.2, 0.25) is 5.02 Å². The van der Waals surface area contributed by atoms with Crippen LogP contribution < -0.4 is 0 Å². The number of rotatable bonds is 1. The van der Waals surface area contributed by atoms with E-state index in [9.17, 15) is 4.79 Å². The molecule has 2 rings (SSSR count). The Hall–Kier alpha value is -0.990. The average molecular weight is 214 g/mol. The normalized spacial score (nSPS) is 10.6. The summed E-state index contributed by atoms with van der Waals surface area (Å²) in [4.78, 5) is 13.9. The highest BCUT2D eigenvalue weighted by Gasteiger charge is 2.08. The van der Waals surface area contributed by atoms with Crippen molar-refractivity contribution in [3.63, 3.8) is 0 Å². The van der Waals surface area contributed by atoms with Crippen molar-refractivity contribution in [2.75, 3.05) is 0 Å². The van der Waals surface area contributed by atoms with Crippen molar-refractivity contribution < 1.29 is 4.79 Å². The third kappa shape index (κ3) is 1.43. The predicted molar refractivity (Wildman–Crippen MR) is 53.5 cm³/mol. The SMILES string of the molecule is O=C(Cl)c1c[nH]c2ccc(Cl)cc12. The smallest absolute Gasteiger partial charge is 0.254 e. The Labute approximate surface area is 84.5 Å². The van der Waals surface area contributed by atoms with Crippen LogP contribution in [-0.4, -0.2) is 10.2 Å². The number of benzene rings is 1. The Morgan fingerprint density at radius 3 is 2.85 bits per heavy atom. The number of halogens is 2. The van der Waals surface area contributed by atoms with Crippen molar-refractivity contribution in [2.24, 2.45) is 0 Å². The molecule has 1 N–H and O–H groups in total. The minimum Gasteiger partial charge on any atom is -0.360 e. The highest BCUT2D eigenvalue weighted by Crippen LogP contribution is 2.23. The first kappa shape index (κ1) is 8.60. The second-order valence-electron chi connectivity index (χ2n) is 2.67. The maximum atomic E-state index is 10.9. The first-order valence-corrected chi connectivity index (χ1v) is 4.40. The molecule has 0 saturated heterocycles. The highest BCUT2D eigenvalue weighted by molar-refractivity contribution is 6.68. The second kappa shape index (κ2) is 3.05. The number of nitrogens with one attached hydrogen (secondary N) is 1. The molecule has 2 nitrogen and oxygen atoms in total. The zero-order chi connectivity index (χ0) is 9.42. The fourth-order valence-electron chi connectivity index (χ4n) is 1.26. The Morgan fingerprint density at radius 2 is 2.15 bits per heavy atom. The molecule has 66 valence electrons. The zero-order valence-electron chi connectivity index (χ0n) is 6.47. The van der Waals surface area contributed by atoms with Crippen LogP contribution in [0.4, 0.5) is 0 Å². The van der Waals surface area contributed by atoms with E-state index < -0.39 is 5.24 Å². The molecule has 0 saturated carbocycles. The van der Waals surface area contributed by atoms with Gasteiger partial charge in [0.2, 0.25) is 0 Å². The van der Waals surface area contributed by atoms with Gasteiger partial charge in [-0.3, -0.25) is 4.79 Å². The molecule has 1 heterocycles. The number of aromatic amines is 1. The van der Waals surface area contributed by atoms with E-state index in [1.54, 1.807) is 24.4 Å². The molecule has 1 aromatic carbocycles. The number of hydrogen-bond acceptors (Lipinski definition) is 1. The van der Waals surface area contributed by atoms with Crippen LogP contribution >= 0.6 is 23.2 Å². The molecular formula is C9H5Cl2NO. The lowest BCUT2D eigenvalue weighted by Gasteiger charge is -1.92. The Morgan fingerprint density at radius 1 is 1.38 bits per heavy atom. The summed E-state index contributed by atoms with van der Waals surface area (Å²) in [5, 5.41) is 0.868. The quantitative estimate of drug-likeness (QED) is 0.726. The van der Waals surface area contributed by atoms with Gasteiger partial charge in [0.25, 0.3) is 5.24 Å². The molecule has 1 aromatic heterocycles. The molecule has 4 heteroatoms. The maximum absolute atomic E-state index is 10.9. The van der Waals surface area contributed by atoms with Gasteiger partial charge in [0.05, 0.1) is 5.56 Å². The lowest BCUT2D eigenvalue weighted by atomic mass is 10.2. The van der Waals surface area contributed by atoms with Crippen molar-refractivity contribution in [1.82, 2.24) is 4.98 Å². The van der Waals surface area contributed by atoms with Gasteiger partial charge in [-0.05, 0) is 29.8 Å². The van der Waals surface area contributed by atoms with Crippen LogP contribution in [0.1, 0.15) is 10.4 Å². The standard InChI is InChI=1S/C9H5Cl2NO/c10-5-1-2-8-6(3-5)7(4-12-8)9(11)13/h1-4,12H. The number of H-pyrrole nitrogens is 1. The first-order chi connectivity index (χ1) is 6.18. The third-order valence-corrected chi connectivity index (χ3v) is 2.29. The zero-order valence-corrected chi connectivity index (χ0v) is 7.99. The molecule has 0 amide bonds. The molecule has 0 aliphatic heterocycles. The van der Waals surface area contributed by atoms with Crippen molar-refractivity contribution in [3.05, 3.63) is 35.0 Å². The van der Waals surface area contributed by atoms with E-state index in [2.05, 4.69) is 4.98 Å². The van der Waals surface area contributed by atoms with E-state index >= 15 is 0 Å². The minimum absolute atomic E-state index is 0.458. The van der Waals surface area contributed by atoms with Crippen LogP contribution in [0, 0.1) is 0 Å². The van der Waals surface area contributed by atoms with Gasteiger partial charge in [-0.2, -0.15) is 0 Å². The van der Waals surface area contributed by atoms with Gasteiger partial charge in [0.1, 0.15) is 0 Å². The Kier molecular flexibility index (Phi) is 2.02. The van der Waals surface area contributed by atoms with Crippen LogP contribution in [0.5, 0.6) is 0 Å². The summed E-state index contributed by atoms with van der Waals surface area (Å²) >= 11 is 11.2. The molecule has 0 radical (unpaired) electrons. The van der Waals surface area contributed by atoms with Gasteiger partial charge in [0, 0.05) is 22.1 Å². The summed E-state index contributed by atoms with van der Waals surface area (Å²) < 4.78 is 0. The van der Waals surface area contributed by atoms with E-state index in [-0.39, 0.29) is 0 Å². The largest absolute Gasteiger partial charge is 0.360 e. The molecule has 2 aromatic rings. The van der Waals surface area contributed by atoms with Gasteiger partial charge in [0.15, 0.2) is 0 Å². The lowest BCUT2D eigenvalue weighted by Crippen LogP contribution is -1.84. The second-order valence-corrected chi connectivity index (χ2v) is 3.45. The summed E-state index contributed by atoms with van der Waals surface area (Å²) in [7, 11) is 0. The molecule has 0 fully saturated rings. The molecular weight excluding hydrogens is 209 g/mol. The minimum atomic E-state index is -0.478. The third-order valence-electron chi connectivity index (χ3n) is 1.86. The van der Waals surface area contributed by atoms with Gasteiger partial charge < -0.3 is 4.98 Å². The summed E-state index contributed by atoms with van der Waals surface area (Å²) in [5.74, 6) is 0. The molecule has 0 unspecified atom stereocenters. The predicted octanol–water partition coefficient (Wildman–Crippen LogP) is 3.20. The number of hydrogen-bond donors (Lipinski definition) is 1. The van der Waals surface area contributed by atoms with Crippen molar-refractivity contribution in [3.8, 4) is 0 Å². The van der Waals surface area contributed by atoms with Crippen LogP contribution in [0.25, 0.3) is 10.9 Å². The van der Waals surface area contributed by atoms with Gasteiger partial charge >= 0.3 is 0 Å². The molecule has 0 aliphatic rings. The average Bonchev–Trinajstić information content (AvgIpc) is 2.46. The topological polar surface area (TPSA) is 32.9 Å². The van der Waals surface area contributed by atoms with E-state index in [1.807, 2.05) is 0 Å². The van der Waals surface area contributed by atoms with E-state index in [0.29, 0.717) is 10.6 Å². The molecule has 0 bridgehead atoms. The van der Waals surface area contributed by atoms with Crippen LogP contribution in [0.15, 0.2) is 24.4 Å². The van der Waals surface area contributed by atoms with Gasteiger partial charge in [-0.15, -0.1) is 0 Å². The monoisotopic (exact) mass is 213 g/mol. The molecule has 0 atom stereocenters. The number of fused-ring (bicyclic) bond motifs is 1. The lowest BCUT2D eigenvalue weighted by molar-refractivity contribution is 0.108. The summed E-state index contributed by atoms with van der Waals surface area (Å²) in [6.07, 6.45) is 1.58. The van der Waals surface area contributed by atoms with Gasteiger partial charge in [-0.25, -0.2) is 0 Å². The van der Waals surface area contributed by atoms with Crippen LogP contribution in [0.3, 0.4) is 0 Å². The first-order valence-electron chi connectivity index (χ1n) is 3.65. The Bertz CT molecular complexity index is 475. The fraction of sp³-hybridized carbons (Fsp3) is 0. The van der Waals surface area contributed by atoms with Crippen molar-refractivity contribution in [1.29, 1.82) is 0 Å². The maximum Gasteiger partial charge on any atom is 0.254 e. The summed E-state index contributed by atoms with van der Waals surface area (Å²) in [6.45, 7) is 0. The summed E-state index contributed by atoms with van der Waals surface area (Å²) in [5.41, 5.74) is 1.31.